The maximum absolute atomic E-state index is 5.47. The highest BCUT2D eigenvalue weighted by molar-refractivity contribution is 4.91. The van der Waals surface area contributed by atoms with Gasteiger partial charge in [-0.3, -0.25) is 0 Å². The third-order valence-electron chi connectivity index (χ3n) is 2.29. The Morgan fingerprint density at radius 1 is 1.42 bits per heavy atom. The molecule has 1 atom stereocenters. The van der Waals surface area contributed by atoms with Gasteiger partial charge in [-0.15, -0.1) is 0 Å². The van der Waals surface area contributed by atoms with E-state index in [1.807, 2.05) is 0 Å². The first-order valence-electron chi connectivity index (χ1n) is 5.21. The summed E-state index contributed by atoms with van der Waals surface area (Å²) in [5, 5.41) is 0. The second-order valence-electron chi connectivity index (χ2n) is 3.48. The van der Waals surface area contributed by atoms with Crippen LogP contribution >= 0.6 is 0 Å². The van der Waals surface area contributed by atoms with E-state index in [1.165, 1.54) is 38.5 Å². The lowest BCUT2D eigenvalue weighted by Crippen LogP contribution is -1.98. The molecule has 1 aliphatic rings. The van der Waals surface area contributed by atoms with Gasteiger partial charge in [-0.2, -0.15) is 0 Å². The first-order valence-corrected chi connectivity index (χ1v) is 5.21. The lowest BCUT2D eigenvalue weighted by Gasteiger charge is -2.00. The molecule has 0 N–H and O–H groups in total. The van der Waals surface area contributed by atoms with Gasteiger partial charge < -0.3 is 4.74 Å². The zero-order valence-corrected chi connectivity index (χ0v) is 8.09. The Morgan fingerprint density at radius 3 is 3.00 bits per heavy atom. The molecule has 1 aliphatic heterocycles. The molecule has 0 radical (unpaired) electrons. The molecule has 1 fully saturated rings. The molecule has 0 aromatic carbocycles. The molecule has 1 rings (SSSR count). The average molecular weight is 168 g/mol. The molecule has 1 saturated heterocycles. The number of rotatable bonds is 5. The van der Waals surface area contributed by atoms with E-state index in [9.17, 15) is 0 Å². The summed E-state index contributed by atoms with van der Waals surface area (Å²) in [7, 11) is 0. The number of hydrogen-bond donors (Lipinski definition) is 0. The average Bonchev–Trinajstić information content (AvgIpc) is 2.57. The van der Waals surface area contributed by atoms with Crippen LogP contribution in [0.1, 0.15) is 45.4 Å². The lowest BCUT2D eigenvalue weighted by atomic mass is 10.1. The lowest BCUT2D eigenvalue weighted by molar-refractivity contribution is 0.145. The van der Waals surface area contributed by atoms with Crippen LogP contribution in [0.5, 0.6) is 0 Å². The normalized spacial score (nSPS) is 23.9. The molecule has 0 amide bonds. The highest BCUT2D eigenvalue weighted by atomic mass is 16.5. The molecule has 0 aliphatic carbocycles. The molecule has 0 bridgehead atoms. The molecular formula is C11H20O. The zero-order chi connectivity index (χ0) is 8.65. The fourth-order valence-electron chi connectivity index (χ4n) is 1.51. The van der Waals surface area contributed by atoms with Crippen molar-refractivity contribution in [3.63, 3.8) is 0 Å². The van der Waals surface area contributed by atoms with E-state index in [-0.39, 0.29) is 0 Å². The van der Waals surface area contributed by atoms with Crippen molar-refractivity contribution in [1.82, 2.24) is 0 Å². The van der Waals surface area contributed by atoms with E-state index in [0.717, 1.165) is 6.61 Å². The maximum Gasteiger partial charge on any atom is 0.0756 e. The van der Waals surface area contributed by atoms with Gasteiger partial charge in [-0.1, -0.05) is 31.9 Å². The Morgan fingerprint density at radius 2 is 2.33 bits per heavy atom. The van der Waals surface area contributed by atoms with Crippen LogP contribution in [0.15, 0.2) is 12.2 Å². The van der Waals surface area contributed by atoms with Crippen molar-refractivity contribution in [1.29, 1.82) is 0 Å². The minimum Gasteiger partial charge on any atom is -0.374 e. The molecule has 0 spiro atoms. The molecule has 1 nitrogen and oxygen atoms in total. The Labute approximate surface area is 75.8 Å². The van der Waals surface area contributed by atoms with Gasteiger partial charge in [-0.25, -0.2) is 0 Å². The summed E-state index contributed by atoms with van der Waals surface area (Å²) in [4.78, 5) is 0. The van der Waals surface area contributed by atoms with Crippen LogP contribution in [0, 0.1) is 0 Å². The molecular weight excluding hydrogens is 148 g/mol. The van der Waals surface area contributed by atoms with Crippen molar-refractivity contribution in [2.45, 2.75) is 51.6 Å². The van der Waals surface area contributed by atoms with Gasteiger partial charge in [0.05, 0.1) is 6.10 Å². The standard InChI is InChI=1S/C11H20O/c1-2-3-4-5-6-8-11-9-7-10-12-11/h6,8,11H,2-5,7,9-10H2,1H3/b8-6+/t11-/m0/s1. The van der Waals surface area contributed by atoms with Crippen molar-refractivity contribution in [2.75, 3.05) is 6.61 Å². The van der Waals surface area contributed by atoms with Gasteiger partial charge in [0.2, 0.25) is 0 Å². The largest absolute Gasteiger partial charge is 0.374 e. The van der Waals surface area contributed by atoms with E-state index < -0.39 is 0 Å². The monoisotopic (exact) mass is 168 g/mol. The second kappa shape index (κ2) is 6.24. The quantitative estimate of drug-likeness (QED) is 0.452. The van der Waals surface area contributed by atoms with E-state index in [1.54, 1.807) is 0 Å². The molecule has 0 saturated carbocycles. The molecule has 0 unspecified atom stereocenters. The van der Waals surface area contributed by atoms with Gasteiger partial charge in [0.15, 0.2) is 0 Å². The topological polar surface area (TPSA) is 9.23 Å². The summed E-state index contributed by atoms with van der Waals surface area (Å²) in [5.41, 5.74) is 0. The van der Waals surface area contributed by atoms with E-state index in [4.69, 9.17) is 4.74 Å². The SMILES string of the molecule is CCCCC/C=C/[C@H]1CCCO1. The summed E-state index contributed by atoms with van der Waals surface area (Å²) in [5.74, 6) is 0. The predicted octanol–water partition coefficient (Wildman–Crippen LogP) is 3.30. The van der Waals surface area contributed by atoms with Crippen LogP contribution in [0.3, 0.4) is 0 Å². The highest BCUT2D eigenvalue weighted by Crippen LogP contribution is 2.13. The van der Waals surface area contributed by atoms with Crippen LogP contribution in [0.4, 0.5) is 0 Å². The summed E-state index contributed by atoms with van der Waals surface area (Å²) in [6, 6.07) is 0. The van der Waals surface area contributed by atoms with Crippen LogP contribution < -0.4 is 0 Å². The molecule has 1 heterocycles. The third kappa shape index (κ3) is 3.91. The minimum absolute atomic E-state index is 0.437. The van der Waals surface area contributed by atoms with Gasteiger partial charge in [-0.05, 0) is 25.7 Å². The fourth-order valence-corrected chi connectivity index (χ4v) is 1.51. The first-order chi connectivity index (χ1) is 5.93. The number of unbranched alkanes of at least 4 members (excludes halogenated alkanes) is 3. The Balaban J connectivity index is 1.97. The zero-order valence-electron chi connectivity index (χ0n) is 8.09. The third-order valence-corrected chi connectivity index (χ3v) is 2.29. The summed E-state index contributed by atoms with van der Waals surface area (Å²) < 4.78 is 5.47. The smallest absolute Gasteiger partial charge is 0.0756 e. The van der Waals surface area contributed by atoms with Gasteiger partial charge in [0.1, 0.15) is 0 Å². The Bertz CT molecular complexity index is 123. The van der Waals surface area contributed by atoms with Crippen molar-refractivity contribution in [3.8, 4) is 0 Å². The van der Waals surface area contributed by atoms with E-state index in [0.29, 0.717) is 6.10 Å². The molecule has 0 aromatic rings. The van der Waals surface area contributed by atoms with E-state index >= 15 is 0 Å². The van der Waals surface area contributed by atoms with Crippen molar-refractivity contribution < 1.29 is 4.74 Å². The van der Waals surface area contributed by atoms with Crippen molar-refractivity contribution in [2.24, 2.45) is 0 Å². The fraction of sp³-hybridized carbons (Fsp3) is 0.818. The van der Waals surface area contributed by atoms with Crippen LogP contribution in [0.2, 0.25) is 0 Å². The number of ether oxygens (including phenoxy) is 1. The molecule has 70 valence electrons. The first kappa shape index (κ1) is 9.79. The number of hydrogen-bond acceptors (Lipinski definition) is 1. The Kier molecular flexibility index (Phi) is 5.09. The molecule has 0 aromatic heterocycles. The van der Waals surface area contributed by atoms with E-state index in [2.05, 4.69) is 19.1 Å². The minimum atomic E-state index is 0.437. The molecule has 12 heavy (non-hydrogen) atoms. The van der Waals surface area contributed by atoms with Crippen LogP contribution in [-0.4, -0.2) is 12.7 Å². The number of allylic oxidation sites excluding steroid dienone is 1. The van der Waals surface area contributed by atoms with Gasteiger partial charge >= 0.3 is 0 Å². The second-order valence-corrected chi connectivity index (χ2v) is 3.48. The van der Waals surface area contributed by atoms with Crippen LogP contribution in [0.25, 0.3) is 0 Å². The summed E-state index contributed by atoms with van der Waals surface area (Å²) in [6.45, 7) is 3.20. The summed E-state index contributed by atoms with van der Waals surface area (Å²) in [6.07, 6.45) is 12.7. The van der Waals surface area contributed by atoms with Crippen LogP contribution in [-0.2, 0) is 4.74 Å². The van der Waals surface area contributed by atoms with Gasteiger partial charge in [0.25, 0.3) is 0 Å². The maximum atomic E-state index is 5.47. The Hall–Kier alpha value is -0.300. The predicted molar refractivity (Wildman–Crippen MR) is 52.3 cm³/mol. The van der Waals surface area contributed by atoms with Crippen molar-refractivity contribution in [3.05, 3.63) is 12.2 Å². The van der Waals surface area contributed by atoms with Crippen molar-refractivity contribution >= 4 is 0 Å². The summed E-state index contributed by atoms with van der Waals surface area (Å²) >= 11 is 0. The van der Waals surface area contributed by atoms with Gasteiger partial charge in [0, 0.05) is 6.61 Å². The highest BCUT2D eigenvalue weighted by Gasteiger charge is 2.10. The molecule has 1 heteroatoms.